The van der Waals surface area contributed by atoms with Crippen molar-refractivity contribution in [3.63, 3.8) is 0 Å². The van der Waals surface area contributed by atoms with Gasteiger partial charge in [0.05, 0.1) is 7.05 Å². The van der Waals surface area contributed by atoms with E-state index in [1.54, 1.807) is 7.11 Å². The highest BCUT2D eigenvalue weighted by atomic mass is 16.7. The molecule has 2 unspecified atom stereocenters. The molecule has 0 aromatic heterocycles. The second-order valence-electron chi connectivity index (χ2n) is 2.68. The third-order valence-corrected chi connectivity index (χ3v) is 1.93. The summed E-state index contributed by atoms with van der Waals surface area (Å²) in [4.78, 5) is 0. The molecule has 2 atom stereocenters. The largest absolute Gasteiger partial charge is 0.335 e. The van der Waals surface area contributed by atoms with Crippen LogP contribution in [0.1, 0.15) is 0 Å². The van der Waals surface area contributed by atoms with Crippen molar-refractivity contribution in [3.05, 3.63) is 0 Å². The fraction of sp³-hybridized carbons (Fsp3) is 1.00. The van der Waals surface area contributed by atoms with E-state index >= 15 is 0 Å². The molecule has 2 rings (SSSR count). The van der Waals surface area contributed by atoms with E-state index in [2.05, 4.69) is 7.05 Å². The van der Waals surface area contributed by atoms with Gasteiger partial charge in [-0.3, -0.25) is 4.74 Å². The van der Waals surface area contributed by atoms with Crippen molar-refractivity contribution in [3.8, 4) is 0 Å². The van der Waals surface area contributed by atoms with Crippen molar-refractivity contribution in [1.82, 2.24) is 0 Å². The van der Waals surface area contributed by atoms with Gasteiger partial charge in [-0.15, -0.1) is 0 Å². The Hall–Kier alpha value is -0.120. The molecule has 0 saturated carbocycles. The molecule has 0 spiro atoms. The molecule has 0 bridgehead atoms. The number of nitrogens with zero attached hydrogens (tertiary/aromatic N) is 1. The van der Waals surface area contributed by atoms with E-state index < -0.39 is 0 Å². The lowest BCUT2D eigenvalue weighted by Gasteiger charge is -2.15. The highest BCUT2D eigenvalue weighted by Gasteiger charge is 2.82. The molecule has 0 aliphatic carbocycles. The number of epoxide rings is 1. The molecular weight excluding hydrogens is 106 g/mol. The lowest BCUT2D eigenvalue weighted by Crippen LogP contribution is -2.33. The van der Waals surface area contributed by atoms with Gasteiger partial charge in [0.2, 0.25) is 0 Å². The first-order valence-electron chi connectivity index (χ1n) is 2.78. The van der Waals surface area contributed by atoms with Crippen LogP contribution < -0.4 is 0 Å². The quantitative estimate of drug-likeness (QED) is 0.366. The maximum Gasteiger partial charge on any atom is 0.283 e. The van der Waals surface area contributed by atoms with Crippen LogP contribution in [0.2, 0.25) is 0 Å². The lowest BCUT2D eigenvalue weighted by atomic mass is 10.9. The summed E-state index contributed by atoms with van der Waals surface area (Å²) >= 11 is 0. The molecule has 8 heavy (non-hydrogen) atoms. The van der Waals surface area contributed by atoms with Gasteiger partial charge in [0.15, 0.2) is 6.73 Å². The van der Waals surface area contributed by atoms with E-state index in [0.717, 1.165) is 11.2 Å². The summed E-state index contributed by atoms with van der Waals surface area (Å²) in [7, 11) is 3.86. The second-order valence-corrected chi connectivity index (χ2v) is 2.68. The van der Waals surface area contributed by atoms with Gasteiger partial charge in [-0.05, 0) is 0 Å². The third kappa shape index (κ3) is 0.354. The van der Waals surface area contributed by atoms with Crippen LogP contribution in [0.25, 0.3) is 0 Å². The van der Waals surface area contributed by atoms with Crippen LogP contribution in [0.5, 0.6) is 0 Å². The number of ether oxygens (including phenoxy) is 2. The molecule has 2 saturated heterocycles. The van der Waals surface area contributed by atoms with Gasteiger partial charge in [-0.1, -0.05) is 0 Å². The van der Waals surface area contributed by atoms with Gasteiger partial charge < -0.3 is 4.74 Å². The molecule has 2 fully saturated rings. The number of likely N-dealkylation sites (N-methyl/N-ethyl adjacent to an activating group) is 1. The number of quaternary nitrogens is 1. The molecule has 0 aromatic carbocycles. The summed E-state index contributed by atoms with van der Waals surface area (Å²) in [6.45, 7) is 0.801. The van der Waals surface area contributed by atoms with Crippen LogP contribution in [0.3, 0.4) is 0 Å². The molecule has 3 heteroatoms. The van der Waals surface area contributed by atoms with Crippen LogP contribution in [0, 0.1) is 0 Å². The normalized spacial score (nSPS) is 57.8. The molecule has 0 N–H and O–H groups in total. The first kappa shape index (κ1) is 4.73. The summed E-state index contributed by atoms with van der Waals surface area (Å²) in [5.74, 6) is 0. The van der Waals surface area contributed by atoms with Crippen LogP contribution >= 0.6 is 0 Å². The van der Waals surface area contributed by atoms with Gasteiger partial charge in [-0.25, -0.2) is 4.48 Å². The number of hydrogen-bond donors (Lipinski definition) is 0. The minimum atomic E-state index is 0.495. The average molecular weight is 116 g/mol. The SMILES string of the molecule is COC[N+]1(C)C2OC21. The molecule has 3 nitrogen and oxygen atoms in total. The van der Waals surface area contributed by atoms with E-state index in [-0.39, 0.29) is 0 Å². The minimum Gasteiger partial charge on any atom is -0.335 e. The summed E-state index contributed by atoms with van der Waals surface area (Å²) in [6.07, 6.45) is 0.991. The predicted molar refractivity (Wildman–Crippen MR) is 26.7 cm³/mol. The van der Waals surface area contributed by atoms with E-state index in [9.17, 15) is 0 Å². The molecule has 46 valence electrons. The Morgan fingerprint density at radius 3 is 2.38 bits per heavy atom. The van der Waals surface area contributed by atoms with Gasteiger partial charge >= 0.3 is 0 Å². The second kappa shape index (κ2) is 1.07. The van der Waals surface area contributed by atoms with Crippen LogP contribution in [-0.4, -0.2) is 37.8 Å². The Kier molecular flexibility index (Phi) is 0.635. The summed E-state index contributed by atoms with van der Waals surface area (Å²) < 4.78 is 11.0. The Balaban J connectivity index is 1.89. The highest BCUT2D eigenvalue weighted by Crippen LogP contribution is 2.53. The van der Waals surface area contributed by atoms with E-state index in [1.807, 2.05) is 0 Å². The Labute approximate surface area is 48.4 Å². The van der Waals surface area contributed by atoms with Crippen molar-refractivity contribution in [2.75, 3.05) is 20.9 Å². The molecule has 2 aliphatic rings. The van der Waals surface area contributed by atoms with Gasteiger partial charge in [0, 0.05) is 7.11 Å². The van der Waals surface area contributed by atoms with E-state index in [0.29, 0.717) is 12.5 Å². The van der Waals surface area contributed by atoms with Crippen molar-refractivity contribution < 1.29 is 14.0 Å². The summed E-state index contributed by atoms with van der Waals surface area (Å²) in [5, 5.41) is 0. The van der Waals surface area contributed by atoms with Crippen LogP contribution in [-0.2, 0) is 9.47 Å². The topological polar surface area (TPSA) is 21.8 Å². The van der Waals surface area contributed by atoms with E-state index in [1.165, 1.54) is 0 Å². The Morgan fingerprint density at radius 1 is 1.62 bits per heavy atom. The lowest BCUT2D eigenvalue weighted by molar-refractivity contribution is -0.893. The average Bonchev–Trinajstić information content (AvgIpc) is 2.50. The molecule has 0 aromatic rings. The van der Waals surface area contributed by atoms with Gasteiger partial charge in [-0.2, -0.15) is 0 Å². The van der Waals surface area contributed by atoms with Crippen molar-refractivity contribution in [1.29, 1.82) is 0 Å². The maximum atomic E-state index is 5.07. The number of rotatable bonds is 2. The standard InChI is InChI=1S/C5H10NO2/c1-6(3-7-2)4-5(6)8-4/h4-5H,3H2,1-2H3/q+1. The number of fused-ring (bicyclic) bond motifs is 1. The molecule has 2 aliphatic heterocycles. The number of hydrogen-bond acceptors (Lipinski definition) is 2. The zero-order chi connectivity index (χ0) is 5.78. The van der Waals surface area contributed by atoms with Gasteiger partial charge in [0.25, 0.3) is 12.5 Å². The van der Waals surface area contributed by atoms with Crippen LogP contribution in [0.15, 0.2) is 0 Å². The van der Waals surface area contributed by atoms with Crippen LogP contribution in [0.4, 0.5) is 0 Å². The Bertz CT molecular complexity index is 118. The van der Waals surface area contributed by atoms with Crippen molar-refractivity contribution in [2.24, 2.45) is 0 Å². The summed E-state index contributed by atoms with van der Waals surface area (Å²) in [5.41, 5.74) is 0. The minimum absolute atomic E-state index is 0.495. The first-order valence-corrected chi connectivity index (χ1v) is 2.78. The zero-order valence-corrected chi connectivity index (χ0v) is 5.13. The Morgan fingerprint density at radius 2 is 2.25 bits per heavy atom. The molecule has 0 radical (unpaired) electrons. The molecule has 2 heterocycles. The molecule has 0 amide bonds. The number of methoxy groups -OCH3 is 1. The third-order valence-electron chi connectivity index (χ3n) is 1.93. The predicted octanol–water partition coefficient (Wildman–Crippen LogP) is -0.267. The zero-order valence-electron chi connectivity index (χ0n) is 5.13. The maximum absolute atomic E-state index is 5.07. The van der Waals surface area contributed by atoms with E-state index in [4.69, 9.17) is 9.47 Å². The highest BCUT2D eigenvalue weighted by molar-refractivity contribution is 4.83. The monoisotopic (exact) mass is 116 g/mol. The van der Waals surface area contributed by atoms with Crippen molar-refractivity contribution in [2.45, 2.75) is 12.5 Å². The van der Waals surface area contributed by atoms with Gasteiger partial charge in [0.1, 0.15) is 0 Å². The fourth-order valence-electron chi connectivity index (χ4n) is 1.16. The first-order chi connectivity index (χ1) is 3.79. The van der Waals surface area contributed by atoms with Crippen molar-refractivity contribution >= 4 is 0 Å². The molecular formula is C5H10NO2+. The smallest absolute Gasteiger partial charge is 0.283 e. The summed E-state index contributed by atoms with van der Waals surface area (Å²) in [6, 6.07) is 0. The fourth-order valence-corrected chi connectivity index (χ4v) is 1.16.